The number of rotatable bonds is 8. The number of carbonyl (C=O) groups is 2. The zero-order valence-corrected chi connectivity index (χ0v) is 22.0. The molecule has 0 radical (unpaired) electrons. The molecule has 3 N–H and O–H groups in total. The maximum atomic E-state index is 12.2. The highest BCUT2D eigenvalue weighted by Crippen LogP contribution is 2.22. The van der Waals surface area contributed by atoms with E-state index in [0.29, 0.717) is 35.3 Å². The normalized spacial score (nSPS) is 10.7. The summed E-state index contributed by atoms with van der Waals surface area (Å²) in [6, 6.07) is 13.1. The molecule has 0 atom stereocenters. The lowest BCUT2D eigenvalue weighted by Gasteiger charge is -2.13. The standard InChI is InChI=1S/C23H30ClN5O2.HI/c1-16-8-9-20(19(24)14-16)28-21(30)11-13-27-23(25-2)26-12-10-17-6-5-7-18(15-17)22(31)29(3)4;/h5-9,14-15H,10-13H2,1-4H3,(H,28,30)(H2,25,26,27);1H. The van der Waals surface area contributed by atoms with E-state index in [0.717, 1.165) is 17.5 Å². The maximum Gasteiger partial charge on any atom is 0.253 e. The van der Waals surface area contributed by atoms with E-state index < -0.39 is 0 Å². The molecule has 0 unspecified atom stereocenters. The zero-order valence-electron chi connectivity index (χ0n) is 18.9. The predicted molar refractivity (Wildman–Crippen MR) is 142 cm³/mol. The third kappa shape index (κ3) is 9.04. The van der Waals surface area contributed by atoms with Gasteiger partial charge in [-0.25, -0.2) is 0 Å². The van der Waals surface area contributed by atoms with Crippen LogP contribution in [0.15, 0.2) is 47.5 Å². The van der Waals surface area contributed by atoms with Gasteiger partial charge in [-0.2, -0.15) is 0 Å². The lowest BCUT2D eigenvalue weighted by Crippen LogP contribution is -2.39. The third-order valence-electron chi connectivity index (χ3n) is 4.55. The van der Waals surface area contributed by atoms with Crippen LogP contribution in [0.5, 0.6) is 0 Å². The molecule has 7 nitrogen and oxygen atoms in total. The van der Waals surface area contributed by atoms with Crippen molar-refractivity contribution in [3.63, 3.8) is 0 Å². The molecule has 0 saturated heterocycles. The molecule has 0 fully saturated rings. The minimum absolute atomic E-state index is 0. The first-order valence-corrected chi connectivity index (χ1v) is 10.5. The molecule has 0 spiro atoms. The van der Waals surface area contributed by atoms with E-state index >= 15 is 0 Å². The second-order valence-electron chi connectivity index (χ2n) is 7.36. The molecule has 2 aromatic carbocycles. The van der Waals surface area contributed by atoms with Crippen LogP contribution < -0.4 is 16.0 Å². The van der Waals surface area contributed by atoms with Crippen molar-refractivity contribution in [2.24, 2.45) is 4.99 Å². The van der Waals surface area contributed by atoms with Crippen molar-refractivity contribution >= 4 is 59.0 Å². The van der Waals surface area contributed by atoms with E-state index in [4.69, 9.17) is 11.6 Å². The number of aliphatic imine (C=N–C) groups is 1. The van der Waals surface area contributed by atoms with Crippen molar-refractivity contribution < 1.29 is 9.59 Å². The van der Waals surface area contributed by atoms with Gasteiger partial charge in [-0.1, -0.05) is 29.8 Å². The van der Waals surface area contributed by atoms with Gasteiger partial charge in [0.05, 0.1) is 10.7 Å². The Labute approximate surface area is 212 Å². The Hall–Kier alpha value is -2.33. The maximum absolute atomic E-state index is 12.2. The fourth-order valence-corrected chi connectivity index (χ4v) is 3.17. The van der Waals surface area contributed by atoms with Crippen molar-refractivity contribution in [2.45, 2.75) is 19.8 Å². The number of guanidine groups is 1. The summed E-state index contributed by atoms with van der Waals surface area (Å²) in [7, 11) is 5.15. The topological polar surface area (TPSA) is 85.8 Å². The van der Waals surface area contributed by atoms with Crippen molar-refractivity contribution in [1.29, 1.82) is 0 Å². The Balaban J connectivity index is 0.00000512. The summed E-state index contributed by atoms with van der Waals surface area (Å²) in [5.41, 5.74) is 3.38. The number of nitrogens with zero attached hydrogens (tertiary/aromatic N) is 2. The summed E-state index contributed by atoms with van der Waals surface area (Å²) in [5.74, 6) is 0.468. The van der Waals surface area contributed by atoms with Gasteiger partial charge >= 0.3 is 0 Å². The minimum Gasteiger partial charge on any atom is -0.356 e. The fourth-order valence-electron chi connectivity index (χ4n) is 2.89. The zero-order chi connectivity index (χ0) is 22.8. The van der Waals surface area contributed by atoms with Crippen molar-refractivity contribution in [3.8, 4) is 0 Å². The van der Waals surface area contributed by atoms with Gasteiger partial charge in [0.25, 0.3) is 5.91 Å². The van der Waals surface area contributed by atoms with Crippen LogP contribution in [0, 0.1) is 6.92 Å². The molecule has 0 aliphatic heterocycles. The largest absolute Gasteiger partial charge is 0.356 e. The molecule has 9 heteroatoms. The number of anilines is 1. The molecule has 0 aliphatic carbocycles. The molecule has 2 rings (SSSR count). The summed E-state index contributed by atoms with van der Waals surface area (Å²) >= 11 is 6.15. The Morgan fingerprint density at radius 1 is 1.06 bits per heavy atom. The fraction of sp³-hybridized carbons (Fsp3) is 0.348. The molecule has 0 aliphatic rings. The number of hydrogen-bond donors (Lipinski definition) is 3. The van der Waals surface area contributed by atoms with E-state index in [1.165, 1.54) is 0 Å². The Kier molecular flexibility index (Phi) is 12.1. The number of benzene rings is 2. The number of hydrogen-bond acceptors (Lipinski definition) is 3. The smallest absolute Gasteiger partial charge is 0.253 e. The number of carbonyl (C=O) groups excluding carboxylic acids is 2. The van der Waals surface area contributed by atoms with Gasteiger partial charge < -0.3 is 20.9 Å². The van der Waals surface area contributed by atoms with Crippen LogP contribution in [-0.2, 0) is 11.2 Å². The van der Waals surface area contributed by atoms with Gasteiger partial charge in [0, 0.05) is 46.2 Å². The first kappa shape index (κ1) is 27.7. The van der Waals surface area contributed by atoms with Crippen molar-refractivity contribution in [2.75, 3.05) is 39.5 Å². The summed E-state index contributed by atoms with van der Waals surface area (Å²) in [5, 5.41) is 9.68. The van der Waals surface area contributed by atoms with Crippen LogP contribution in [0.1, 0.15) is 27.9 Å². The van der Waals surface area contributed by atoms with Gasteiger partial charge in [0.15, 0.2) is 5.96 Å². The molecule has 2 amide bonds. The molecule has 174 valence electrons. The summed E-state index contributed by atoms with van der Waals surface area (Å²) in [6.07, 6.45) is 1.02. The van der Waals surface area contributed by atoms with Crippen LogP contribution in [0.4, 0.5) is 5.69 Å². The monoisotopic (exact) mass is 571 g/mol. The lowest BCUT2D eigenvalue weighted by molar-refractivity contribution is -0.116. The van der Waals surface area contributed by atoms with Gasteiger partial charge in [-0.05, 0) is 48.7 Å². The van der Waals surface area contributed by atoms with Crippen LogP contribution in [0.2, 0.25) is 5.02 Å². The molecule has 0 saturated carbocycles. The average molecular weight is 572 g/mol. The lowest BCUT2D eigenvalue weighted by atomic mass is 10.1. The highest BCUT2D eigenvalue weighted by molar-refractivity contribution is 14.0. The minimum atomic E-state index is -0.129. The number of amides is 2. The van der Waals surface area contributed by atoms with Crippen molar-refractivity contribution in [3.05, 3.63) is 64.2 Å². The van der Waals surface area contributed by atoms with E-state index in [9.17, 15) is 9.59 Å². The highest BCUT2D eigenvalue weighted by Gasteiger charge is 2.09. The Morgan fingerprint density at radius 3 is 2.44 bits per heavy atom. The SMILES string of the molecule is CN=C(NCCC(=O)Nc1ccc(C)cc1Cl)NCCc1cccc(C(=O)N(C)C)c1.I. The van der Waals surface area contributed by atoms with Crippen LogP contribution >= 0.6 is 35.6 Å². The second kappa shape index (κ2) is 13.9. The molecule has 0 aromatic heterocycles. The number of halogens is 2. The quantitative estimate of drug-likeness (QED) is 0.256. The van der Waals surface area contributed by atoms with E-state index in [-0.39, 0.29) is 42.2 Å². The second-order valence-corrected chi connectivity index (χ2v) is 7.76. The summed E-state index contributed by atoms with van der Waals surface area (Å²) < 4.78 is 0. The van der Waals surface area contributed by atoms with Crippen LogP contribution in [0.25, 0.3) is 0 Å². The van der Waals surface area contributed by atoms with E-state index in [2.05, 4.69) is 20.9 Å². The van der Waals surface area contributed by atoms with Gasteiger partial charge in [-0.3, -0.25) is 14.6 Å². The van der Waals surface area contributed by atoms with E-state index in [1.54, 1.807) is 32.1 Å². The van der Waals surface area contributed by atoms with Crippen molar-refractivity contribution in [1.82, 2.24) is 15.5 Å². The third-order valence-corrected chi connectivity index (χ3v) is 4.87. The molecule has 32 heavy (non-hydrogen) atoms. The first-order chi connectivity index (χ1) is 14.8. The predicted octanol–water partition coefficient (Wildman–Crippen LogP) is 3.70. The first-order valence-electron chi connectivity index (χ1n) is 10.1. The molecular formula is C23H31ClIN5O2. The van der Waals surface area contributed by atoms with Crippen LogP contribution in [0.3, 0.4) is 0 Å². The average Bonchev–Trinajstić information content (AvgIpc) is 2.74. The Morgan fingerprint density at radius 2 is 1.78 bits per heavy atom. The Bertz CT molecular complexity index is 950. The molecule has 0 heterocycles. The molecule has 0 bridgehead atoms. The molecule has 2 aromatic rings. The number of aryl methyl sites for hydroxylation is 1. The van der Waals surface area contributed by atoms with Gasteiger partial charge in [0.1, 0.15) is 0 Å². The highest BCUT2D eigenvalue weighted by atomic mass is 127. The summed E-state index contributed by atoms with van der Waals surface area (Å²) in [4.78, 5) is 30.0. The van der Waals surface area contributed by atoms with Gasteiger partial charge in [-0.15, -0.1) is 24.0 Å². The summed E-state index contributed by atoms with van der Waals surface area (Å²) in [6.45, 7) is 3.02. The van der Waals surface area contributed by atoms with E-state index in [1.807, 2.05) is 43.3 Å². The molecular weight excluding hydrogens is 541 g/mol. The number of nitrogens with one attached hydrogen (secondary N) is 3. The van der Waals surface area contributed by atoms with Crippen LogP contribution in [-0.4, -0.2) is 56.9 Å². The van der Waals surface area contributed by atoms with Gasteiger partial charge in [0.2, 0.25) is 5.91 Å².